The summed E-state index contributed by atoms with van der Waals surface area (Å²) in [5.74, 6) is -1.41. The van der Waals surface area contributed by atoms with Crippen LogP contribution in [0.25, 0.3) is 0 Å². The molecule has 3 N–H and O–H groups in total. The molecule has 0 amide bonds. The number of hydrogen-bond donors (Lipinski definition) is 2. The van der Waals surface area contributed by atoms with Gasteiger partial charge in [-0.2, -0.15) is 0 Å². The predicted molar refractivity (Wildman–Crippen MR) is 64.3 cm³/mol. The van der Waals surface area contributed by atoms with Gasteiger partial charge in [0.2, 0.25) is 0 Å². The summed E-state index contributed by atoms with van der Waals surface area (Å²) in [6, 6.07) is 6.17. The van der Waals surface area contributed by atoms with E-state index in [-0.39, 0.29) is 6.42 Å². The van der Waals surface area contributed by atoms with Crippen LogP contribution in [0.2, 0.25) is 0 Å². The topological polar surface area (TPSA) is 63.3 Å². The van der Waals surface area contributed by atoms with Crippen LogP contribution < -0.4 is 5.73 Å². The Morgan fingerprint density at radius 1 is 1.35 bits per heavy atom. The number of carboxylic acids is 1. The zero-order valence-electron chi connectivity index (χ0n) is 10.3. The van der Waals surface area contributed by atoms with Gasteiger partial charge < -0.3 is 10.8 Å². The number of nitrogens with two attached hydrogens (primary N) is 1. The summed E-state index contributed by atoms with van der Waals surface area (Å²) in [5, 5.41) is 8.99. The highest BCUT2D eigenvalue weighted by molar-refractivity contribution is 5.69. The first-order valence-electron chi connectivity index (χ1n) is 5.44. The van der Waals surface area contributed by atoms with Crippen molar-refractivity contribution in [3.63, 3.8) is 0 Å². The van der Waals surface area contributed by atoms with Gasteiger partial charge in [0.15, 0.2) is 0 Å². The third-order valence-corrected chi connectivity index (χ3v) is 3.40. The average Bonchev–Trinajstić information content (AvgIpc) is 2.15. The van der Waals surface area contributed by atoms with Crippen molar-refractivity contribution in [3.05, 3.63) is 35.6 Å². The van der Waals surface area contributed by atoms with Crippen molar-refractivity contribution < 1.29 is 14.3 Å². The molecule has 0 aliphatic rings. The predicted octanol–water partition coefficient (Wildman–Crippen LogP) is 2.30. The van der Waals surface area contributed by atoms with E-state index in [9.17, 15) is 9.18 Å². The quantitative estimate of drug-likeness (QED) is 0.847. The highest BCUT2D eigenvalue weighted by Crippen LogP contribution is 2.38. The molecule has 0 spiro atoms. The van der Waals surface area contributed by atoms with Crippen LogP contribution in [0.1, 0.15) is 32.8 Å². The molecule has 0 saturated carbocycles. The highest BCUT2D eigenvalue weighted by atomic mass is 19.1. The van der Waals surface area contributed by atoms with Crippen LogP contribution in [0.3, 0.4) is 0 Å². The molecule has 17 heavy (non-hydrogen) atoms. The van der Waals surface area contributed by atoms with E-state index in [1.54, 1.807) is 39.0 Å². The number of benzene rings is 1. The lowest BCUT2D eigenvalue weighted by Gasteiger charge is -2.41. The number of carbonyl (C=O) groups is 1. The van der Waals surface area contributed by atoms with Crippen LogP contribution in [0.5, 0.6) is 0 Å². The first-order chi connectivity index (χ1) is 7.68. The van der Waals surface area contributed by atoms with Gasteiger partial charge in [-0.25, -0.2) is 4.39 Å². The molecule has 0 heterocycles. The molecule has 3 nitrogen and oxygen atoms in total. The molecule has 1 atom stereocenters. The van der Waals surface area contributed by atoms with Gasteiger partial charge in [0, 0.05) is 11.0 Å². The summed E-state index contributed by atoms with van der Waals surface area (Å²) in [5.41, 5.74) is 4.58. The number of hydrogen-bond acceptors (Lipinski definition) is 2. The van der Waals surface area contributed by atoms with Gasteiger partial charge >= 0.3 is 5.97 Å². The lowest BCUT2D eigenvalue weighted by Crippen LogP contribution is -2.53. The van der Waals surface area contributed by atoms with E-state index in [1.165, 1.54) is 6.07 Å². The van der Waals surface area contributed by atoms with Gasteiger partial charge in [-0.05, 0) is 25.5 Å². The van der Waals surface area contributed by atoms with Crippen molar-refractivity contribution in [2.75, 3.05) is 0 Å². The summed E-state index contributed by atoms with van der Waals surface area (Å²) < 4.78 is 13.8. The van der Waals surface area contributed by atoms with Crippen molar-refractivity contribution in [3.8, 4) is 0 Å². The van der Waals surface area contributed by atoms with Crippen LogP contribution in [0, 0.1) is 5.82 Å². The molecule has 0 aromatic heterocycles. The van der Waals surface area contributed by atoms with Gasteiger partial charge in [-0.3, -0.25) is 4.79 Å². The Balaban J connectivity index is 3.35. The minimum Gasteiger partial charge on any atom is -0.481 e. The maximum absolute atomic E-state index is 13.8. The highest BCUT2D eigenvalue weighted by Gasteiger charge is 2.43. The zero-order chi connectivity index (χ0) is 13.3. The van der Waals surface area contributed by atoms with Crippen LogP contribution in [0.4, 0.5) is 4.39 Å². The molecule has 1 aromatic carbocycles. The SMILES string of the molecule is CC(C)(N)C(C)(CC(=O)O)c1ccccc1F. The van der Waals surface area contributed by atoms with E-state index in [1.807, 2.05) is 0 Å². The minimum atomic E-state index is -0.991. The lowest BCUT2D eigenvalue weighted by molar-refractivity contribution is -0.139. The second-order valence-corrected chi connectivity index (χ2v) is 5.10. The smallest absolute Gasteiger partial charge is 0.304 e. The summed E-state index contributed by atoms with van der Waals surface area (Å²) in [6.07, 6.45) is -0.211. The number of carboxylic acid groups (broad SMARTS) is 1. The van der Waals surface area contributed by atoms with Crippen LogP contribution in [-0.4, -0.2) is 16.6 Å². The Kier molecular flexibility index (Phi) is 3.57. The molecule has 0 aliphatic carbocycles. The van der Waals surface area contributed by atoms with E-state index < -0.39 is 22.7 Å². The monoisotopic (exact) mass is 239 g/mol. The van der Waals surface area contributed by atoms with Gasteiger partial charge in [-0.15, -0.1) is 0 Å². The molecular formula is C13H18FNO2. The van der Waals surface area contributed by atoms with Crippen LogP contribution >= 0.6 is 0 Å². The summed E-state index contributed by atoms with van der Waals surface area (Å²) in [4.78, 5) is 11.0. The van der Waals surface area contributed by atoms with E-state index in [0.717, 1.165) is 0 Å². The number of rotatable bonds is 4. The largest absolute Gasteiger partial charge is 0.481 e. The lowest BCUT2D eigenvalue weighted by atomic mass is 9.66. The van der Waals surface area contributed by atoms with Gasteiger partial charge in [0.1, 0.15) is 5.82 Å². The summed E-state index contributed by atoms with van der Waals surface area (Å²) in [6.45, 7) is 5.10. The van der Waals surface area contributed by atoms with Crippen molar-refractivity contribution >= 4 is 5.97 Å². The van der Waals surface area contributed by atoms with Crippen molar-refractivity contribution in [2.24, 2.45) is 5.73 Å². The van der Waals surface area contributed by atoms with Crippen LogP contribution in [-0.2, 0) is 10.2 Å². The molecule has 94 valence electrons. The molecule has 0 aliphatic heterocycles. The second-order valence-electron chi connectivity index (χ2n) is 5.10. The molecule has 0 fully saturated rings. The Hall–Kier alpha value is -1.42. The van der Waals surface area contributed by atoms with Gasteiger partial charge in [0.05, 0.1) is 6.42 Å². The Morgan fingerprint density at radius 3 is 2.29 bits per heavy atom. The summed E-state index contributed by atoms with van der Waals surface area (Å²) >= 11 is 0. The third-order valence-electron chi connectivity index (χ3n) is 3.40. The molecule has 1 aromatic rings. The van der Waals surface area contributed by atoms with Crippen LogP contribution in [0.15, 0.2) is 24.3 Å². The zero-order valence-corrected chi connectivity index (χ0v) is 10.3. The number of halogens is 1. The maximum Gasteiger partial charge on any atom is 0.304 e. The third kappa shape index (κ3) is 2.64. The Morgan fingerprint density at radius 2 is 1.88 bits per heavy atom. The molecule has 1 rings (SSSR count). The molecule has 1 unspecified atom stereocenters. The molecule has 0 radical (unpaired) electrons. The van der Waals surface area contributed by atoms with Crippen molar-refractivity contribution in [1.29, 1.82) is 0 Å². The number of aliphatic carboxylic acids is 1. The minimum absolute atomic E-state index is 0.211. The van der Waals surface area contributed by atoms with E-state index in [2.05, 4.69) is 0 Å². The fourth-order valence-electron chi connectivity index (χ4n) is 1.88. The molecule has 4 heteroatoms. The fourth-order valence-corrected chi connectivity index (χ4v) is 1.88. The van der Waals surface area contributed by atoms with E-state index in [0.29, 0.717) is 5.56 Å². The Bertz CT molecular complexity index is 426. The van der Waals surface area contributed by atoms with Gasteiger partial charge in [-0.1, -0.05) is 25.1 Å². The van der Waals surface area contributed by atoms with E-state index >= 15 is 0 Å². The second kappa shape index (κ2) is 4.45. The normalized spacial score (nSPS) is 15.4. The van der Waals surface area contributed by atoms with Gasteiger partial charge in [0.25, 0.3) is 0 Å². The first kappa shape index (κ1) is 13.6. The Labute approximate surface area is 100 Å². The van der Waals surface area contributed by atoms with E-state index in [4.69, 9.17) is 10.8 Å². The first-order valence-corrected chi connectivity index (χ1v) is 5.44. The standard InChI is InChI=1S/C13H18FNO2/c1-12(2,15)13(3,8-11(16)17)9-6-4-5-7-10(9)14/h4-7H,8,15H2,1-3H3,(H,16,17). The fraction of sp³-hybridized carbons (Fsp3) is 0.462. The molecule has 0 bridgehead atoms. The van der Waals surface area contributed by atoms with Crippen molar-refractivity contribution in [2.45, 2.75) is 38.1 Å². The summed E-state index contributed by atoms with van der Waals surface area (Å²) in [7, 11) is 0. The maximum atomic E-state index is 13.8. The average molecular weight is 239 g/mol. The molecule has 0 saturated heterocycles. The van der Waals surface area contributed by atoms with Crippen molar-refractivity contribution in [1.82, 2.24) is 0 Å². The molecular weight excluding hydrogens is 221 g/mol.